The Kier molecular flexibility index (Phi) is 11.3. The molecule has 0 spiro atoms. The first-order chi connectivity index (χ1) is 22.1. The summed E-state index contributed by atoms with van der Waals surface area (Å²) in [5, 5.41) is 8.97. The van der Waals surface area contributed by atoms with Gasteiger partial charge in [0.15, 0.2) is 0 Å². The van der Waals surface area contributed by atoms with Gasteiger partial charge in [-0.2, -0.15) is 10.2 Å². The number of hydrogen-bond acceptors (Lipinski definition) is 8. The quantitative estimate of drug-likeness (QED) is 0.0960. The molecule has 0 bridgehead atoms. The van der Waals surface area contributed by atoms with Crippen LogP contribution in [-0.4, -0.2) is 61.7 Å². The summed E-state index contributed by atoms with van der Waals surface area (Å²) in [6.07, 6.45) is 7.73. The van der Waals surface area contributed by atoms with Gasteiger partial charge in [0, 0.05) is 30.3 Å². The number of pyridine rings is 2. The average Bonchev–Trinajstić information content (AvgIpc) is 3.39. The first-order valence-corrected chi connectivity index (χ1v) is 16.5. The van der Waals surface area contributed by atoms with Crippen molar-refractivity contribution in [1.82, 2.24) is 19.5 Å². The molecule has 0 saturated carbocycles. The van der Waals surface area contributed by atoms with Gasteiger partial charge in [-0.1, -0.05) is 50.9 Å². The maximum Gasteiger partial charge on any atom is 0.410 e. The van der Waals surface area contributed by atoms with E-state index in [-0.39, 0.29) is 12.1 Å². The fourth-order valence-corrected chi connectivity index (χ4v) is 5.85. The first kappa shape index (κ1) is 35.9. The van der Waals surface area contributed by atoms with Crippen LogP contribution in [0.4, 0.5) is 9.18 Å². The number of hydrazone groups is 1. The van der Waals surface area contributed by atoms with Crippen LogP contribution in [0.15, 0.2) is 59.0 Å². The number of aromatic nitrogens is 3. The molecule has 4 heterocycles. The lowest BCUT2D eigenvalue weighted by Gasteiger charge is -2.36. The standard InChI is InChI=1S/C35H47ClFN7O3/c1-9-10-11-22(2)35(7,8)32(28-13-12-25(37)19-39-28)46-29-18-24(21-44-31(29)27(36)20-40-44)30(42-38)23(3)41-26-14-16-43(17-15-26)33(45)47-34(4,5)6/h12-13,18-21,26,32H,2,9-11,14-17,38H2,1,3-8H3/b41-23?,42-30+. The Balaban J connectivity index is 1.66. The number of ether oxygens (including phenoxy) is 2. The van der Waals surface area contributed by atoms with Crippen LogP contribution >= 0.6 is 11.6 Å². The number of aliphatic imine (C=N–C) groups is 1. The van der Waals surface area contributed by atoms with E-state index in [2.05, 4.69) is 42.5 Å². The monoisotopic (exact) mass is 667 g/mol. The number of halogens is 2. The van der Waals surface area contributed by atoms with E-state index in [1.54, 1.807) is 27.9 Å². The topological polar surface area (TPSA) is 120 Å². The number of piperidine rings is 1. The number of nitrogens with zero attached hydrogens (tertiary/aromatic N) is 6. The molecule has 1 unspecified atom stereocenters. The maximum absolute atomic E-state index is 13.9. The molecule has 0 aromatic carbocycles. The SMILES string of the molecule is C=C(CCCC)C(C)(C)C(Oc1cc(/C(=N/N)C(C)=NC2CCN(C(=O)OC(C)(C)C)CC2)cn2ncc(Cl)c12)c1ccc(F)cn1. The van der Waals surface area contributed by atoms with Crippen molar-refractivity contribution in [2.24, 2.45) is 21.4 Å². The Morgan fingerprint density at radius 1 is 1.21 bits per heavy atom. The van der Waals surface area contributed by atoms with E-state index in [9.17, 15) is 9.18 Å². The molecule has 3 aromatic heterocycles. The van der Waals surface area contributed by atoms with Crippen LogP contribution in [0.3, 0.4) is 0 Å². The summed E-state index contributed by atoms with van der Waals surface area (Å²) in [5.74, 6) is 5.97. The molecule has 1 atom stereocenters. The minimum atomic E-state index is -0.638. The van der Waals surface area contributed by atoms with Crippen molar-refractivity contribution in [2.75, 3.05) is 13.1 Å². The third kappa shape index (κ3) is 8.68. The lowest BCUT2D eigenvalue weighted by molar-refractivity contribution is 0.0207. The number of amides is 1. The van der Waals surface area contributed by atoms with E-state index < -0.39 is 22.9 Å². The summed E-state index contributed by atoms with van der Waals surface area (Å²) in [5.41, 5.74) is 2.68. The van der Waals surface area contributed by atoms with Crippen LogP contribution in [0.1, 0.15) is 97.9 Å². The predicted molar refractivity (Wildman–Crippen MR) is 185 cm³/mol. The smallest absolute Gasteiger partial charge is 0.410 e. The van der Waals surface area contributed by atoms with E-state index in [1.165, 1.54) is 12.3 Å². The largest absolute Gasteiger partial charge is 0.481 e. The van der Waals surface area contributed by atoms with Gasteiger partial charge in [-0.05, 0) is 71.6 Å². The van der Waals surface area contributed by atoms with Gasteiger partial charge in [-0.25, -0.2) is 13.7 Å². The molecule has 12 heteroatoms. The molecular weight excluding hydrogens is 621 g/mol. The summed E-state index contributed by atoms with van der Waals surface area (Å²) >= 11 is 6.64. The Morgan fingerprint density at radius 2 is 1.91 bits per heavy atom. The van der Waals surface area contributed by atoms with E-state index in [4.69, 9.17) is 31.9 Å². The van der Waals surface area contributed by atoms with Gasteiger partial charge in [0.05, 0.1) is 34.9 Å². The minimum Gasteiger partial charge on any atom is -0.481 e. The zero-order valence-corrected chi connectivity index (χ0v) is 29.3. The van der Waals surface area contributed by atoms with Gasteiger partial charge in [0.2, 0.25) is 0 Å². The Hall–Kier alpha value is -3.99. The summed E-state index contributed by atoms with van der Waals surface area (Å²) in [6, 6.07) is 4.80. The number of rotatable bonds is 11. The van der Waals surface area contributed by atoms with Crippen LogP contribution in [0.2, 0.25) is 5.02 Å². The molecule has 4 rings (SSSR count). The van der Waals surface area contributed by atoms with Crippen LogP contribution in [0.25, 0.3) is 5.52 Å². The maximum atomic E-state index is 13.9. The van der Waals surface area contributed by atoms with Crippen molar-refractivity contribution in [3.8, 4) is 5.75 Å². The van der Waals surface area contributed by atoms with Crippen LogP contribution in [-0.2, 0) is 4.74 Å². The highest BCUT2D eigenvalue weighted by Gasteiger charge is 2.37. The fourth-order valence-electron chi connectivity index (χ4n) is 5.63. The molecule has 2 N–H and O–H groups in total. The van der Waals surface area contributed by atoms with Crippen molar-refractivity contribution in [1.29, 1.82) is 0 Å². The molecule has 1 aliphatic heterocycles. The summed E-state index contributed by atoms with van der Waals surface area (Å²) in [4.78, 5) is 23.6. The summed E-state index contributed by atoms with van der Waals surface area (Å²) in [6.45, 7) is 19.2. The normalized spacial score (nSPS) is 16.0. The number of unbranched alkanes of at least 4 members (excludes halogenated alkanes) is 1. The van der Waals surface area contributed by atoms with E-state index in [0.29, 0.717) is 64.9 Å². The Bertz CT molecular complexity index is 1630. The third-order valence-electron chi connectivity index (χ3n) is 8.43. The number of hydrogen-bond donors (Lipinski definition) is 1. The lowest BCUT2D eigenvalue weighted by Crippen LogP contribution is -2.42. The fraction of sp³-hybridized carbons (Fsp3) is 0.514. The van der Waals surface area contributed by atoms with Gasteiger partial charge in [-0.15, -0.1) is 0 Å². The van der Waals surface area contributed by atoms with Crippen molar-refractivity contribution < 1.29 is 18.7 Å². The van der Waals surface area contributed by atoms with Gasteiger partial charge in [0.25, 0.3) is 0 Å². The third-order valence-corrected chi connectivity index (χ3v) is 8.71. The van der Waals surface area contributed by atoms with Crippen molar-refractivity contribution in [3.05, 3.63) is 71.0 Å². The van der Waals surface area contributed by atoms with Crippen molar-refractivity contribution in [2.45, 2.75) is 98.3 Å². The van der Waals surface area contributed by atoms with Gasteiger partial charge >= 0.3 is 6.09 Å². The van der Waals surface area contributed by atoms with Crippen LogP contribution in [0.5, 0.6) is 5.75 Å². The molecule has 0 radical (unpaired) electrons. The summed E-state index contributed by atoms with van der Waals surface area (Å²) < 4.78 is 27.9. The second kappa shape index (κ2) is 14.8. The van der Waals surface area contributed by atoms with Crippen LogP contribution < -0.4 is 10.6 Å². The van der Waals surface area contributed by atoms with Gasteiger partial charge in [0.1, 0.15) is 34.5 Å². The second-order valence-corrected chi connectivity index (χ2v) is 14.0. The highest BCUT2D eigenvalue weighted by atomic mass is 35.5. The Labute approximate surface area is 281 Å². The highest BCUT2D eigenvalue weighted by Crippen LogP contribution is 2.45. The number of likely N-dealkylation sites (tertiary alicyclic amines) is 1. The van der Waals surface area contributed by atoms with Crippen molar-refractivity contribution in [3.63, 3.8) is 0 Å². The molecule has 0 aliphatic carbocycles. The molecule has 3 aromatic rings. The zero-order chi connectivity index (χ0) is 34.5. The van der Waals surface area contributed by atoms with E-state index in [0.717, 1.165) is 24.8 Å². The van der Waals surface area contributed by atoms with Gasteiger partial charge < -0.3 is 20.2 Å². The number of nitrogens with two attached hydrogens (primary N) is 1. The minimum absolute atomic E-state index is 0.0205. The van der Waals surface area contributed by atoms with Gasteiger partial charge in [-0.3, -0.25) is 9.98 Å². The number of carbonyl (C=O) groups is 1. The highest BCUT2D eigenvalue weighted by molar-refractivity contribution is 6.47. The first-order valence-electron chi connectivity index (χ1n) is 16.1. The molecular formula is C35H47ClFN7O3. The van der Waals surface area contributed by atoms with Crippen molar-refractivity contribution >= 4 is 34.6 Å². The average molecular weight is 668 g/mol. The molecule has 1 saturated heterocycles. The van der Waals surface area contributed by atoms with E-state index >= 15 is 0 Å². The summed E-state index contributed by atoms with van der Waals surface area (Å²) in [7, 11) is 0. The molecule has 254 valence electrons. The molecule has 47 heavy (non-hydrogen) atoms. The van der Waals surface area contributed by atoms with E-state index in [1.807, 2.05) is 33.8 Å². The molecule has 1 aliphatic rings. The molecule has 1 fully saturated rings. The second-order valence-electron chi connectivity index (χ2n) is 13.6. The zero-order valence-electron chi connectivity index (χ0n) is 28.5. The predicted octanol–water partition coefficient (Wildman–Crippen LogP) is 7.94. The lowest BCUT2D eigenvalue weighted by atomic mass is 9.76. The molecule has 1 amide bonds. The molecule has 10 nitrogen and oxygen atoms in total. The number of fused-ring (bicyclic) bond motifs is 1. The number of carbonyl (C=O) groups excluding carboxylic acids is 1. The Morgan fingerprint density at radius 3 is 2.51 bits per heavy atom. The van der Waals surface area contributed by atoms with Crippen LogP contribution in [0, 0.1) is 11.2 Å².